The number of carbonyl (C=O) groups is 2. The average Bonchev–Trinajstić information content (AvgIpc) is 2.60. The van der Waals surface area contributed by atoms with E-state index in [1.165, 1.54) is 0 Å². The van der Waals surface area contributed by atoms with Crippen molar-refractivity contribution in [3.63, 3.8) is 0 Å². The van der Waals surface area contributed by atoms with Gasteiger partial charge < -0.3 is 4.74 Å². The predicted molar refractivity (Wildman–Crippen MR) is 60.1 cm³/mol. The molecule has 2 fully saturated rings. The summed E-state index contributed by atoms with van der Waals surface area (Å²) in [6.45, 7) is 1.49. The lowest BCUT2D eigenvalue weighted by molar-refractivity contribution is -0.134. The quantitative estimate of drug-likeness (QED) is 0.506. The maximum Gasteiger partial charge on any atom is 0.143 e. The monoisotopic (exact) mass is 224 g/mol. The van der Waals surface area contributed by atoms with Crippen molar-refractivity contribution in [1.29, 1.82) is 0 Å². The Labute approximate surface area is 96.5 Å². The van der Waals surface area contributed by atoms with Crippen molar-refractivity contribution in [3.8, 4) is 0 Å². The summed E-state index contributed by atoms with van der Waals surface area (Å²) in [5, 5.41) is 0. The third-order valence-corrected chi connectivity index (χ3v) is 3.76. The van der Waals surface area contributed by atoms with Crippen molar-refractivity contribution in [2.24, 2.45) is 11.8 Å². The van der Waals surface area contributed by atoms with E-state index in [0.29, 0.717) is 19.4 Å². The van der Waals surface area contributed by atoms with E-state index in [9.17, 15) is 9.59 Å². The molecule has 0 aromatic heterocycles. The molecule has 0 aromatic carbocycles. The van der Waals surface area contributed by atoms with Gasteiger partial charge in [-0.2, -0.15) is 0 Å². The fourth-order valence-corrected chi connectivity index (χ4v) is 2.88. The fourth-order valence-electron chi connectivity index (χ4n) is 2.88. The van der Waals surface area contributed by atoms with Gasteiger partial charge in [0.15, 0.2) is 0 Å². The molecule has 16 heavy (non-hydrogen) atoms. The van der Waals surface area contributed by atoms with Crippen LogP contribution in [0.1, 0.15) is 44.9 Å². The summed E-state index contributed by atoms with van der Waals surface area (Å²) >= 11 is 0. The first-order valence-electron chi connectivity index (χ1n) is 6.42. The standard InChI is InChI=1S/C13H20O3/c14-11-5-1-2-6-12(15)13(11)10-4-3-8-16-9-7-10/h10,13H,1-9H2. The maximum atomic E-state index is 12.0. The molecule has 2 aliphatic rings. The number of rotatable bonds is 1. The lowest BCUT2D eigenvalue weighted by Gasteiger charge is -2.21. The van der Waals surface area contributed by atoms with Crippen LogP contribution < -0.4 is 0 Å². The molecule has 90 valence electrons. The third kappa shape index (κ3) is 2.70. The first-order chi connectivity index (χ1) is 7.79. The summed E-state index contributed by atoms with van der Waals surface area (Å²) in [5.74, 6) is 0.327. The van der Waals surface area contributed by atoms with E-state index in [0.717, 1.165) is 38.7 Å². The summed E-state index contributed by atoms with van der Waals surface area (Å²) in [6, 6.07) is 0. The van der Waals surface area contributed by atoms with Gasteiger partial charge in [-0.1, -0.05) is 0 Å². The van der Waals surface area contributed by atoms with E-state index in [1.54, 1.807) is 0 Å². The first kappa shape index (κ1) is 11.8. The molecule has 0 N–H and O–H groups in total. The molecule has 1 atom stereocenters. The predicted octanol–water partition coefficient (Wildman–Crippen LogP) is 2.13. The minimum atomic E-state index is -0.302. The summed E-state index contributed by atoms with van der Waals surface area (Å²) in [4.78, 5) is 23.9. The topological polar surface area (TPSA) is 43.4 Å². The molecule has 1 heterocycles. The number of hydrogen-bond donors (Lipinski definition) is 0. The van der Waals surface area contributed by atoms with Crippen LogP contribution in [0.4, 0.5) is 0 Å². The number of hydrogen-bond acceptors (Lipinski definition) is 3. The van der Waals surface area contributed by atoms with Gasteiger partial charge in [-0.3, -0.25) is 9.59 Å². The Bertz CT molecular complexity index is 246. The average molecular weight is 224 g/mol. The molecule has 0 aromatic rings. The SMILES string of the molecule is O=C1CCCCC(=O)C1C1CCCOCC1. The van der Waals surface area contributed by atoms with Crippen molar-refractivity contribution in [2.45, 2.75) is 44.9 Å². The lowest BCUT2D eigenvalue weighted by atomic mass is 9.80. The molecule has 2 rings (SSSR count). The molecule has 0 radical (unpaired) electrons. The van der Waals surface area contributed by atoms with Crippen LogP contribution in [0, 0.1) is 11.8 Å². The summed E-state index contributed by atoms with van der Waals surface area (Å²) in [6.07, 6.45) is 5.84. The molecule has 1 unspecified atom stereocenters. The van der Waals surface area contributed by atoms with E-state index < -0.39 is 0 Å². The number of ether oxygens (including phenoxy) is 1. The number of ketones is 2. The Hall–Kier alpha value is -0.700. The Morgan fingerprint density at radius 1 is 0.875 bits per heavy atom. The molecular weight excluding hydrogens is 204 g/mol. The normalized spacial score (nSPS) is 29.9. The van der Waals surface area contributed by atoms with Crippen LogP contribution in [0.3, 0.4) is 0 Å². The highest BCUT2D eigenvalue weighted by Crippen LogP contribution is 2.30. The Balaban J connectivity index is 2.08. The minimum absolute atomic E-state index is 0.189. The molecular formula is C13H20O3. The van der Waals surface area contributed by atoms with E-state index in [4.69, 9.17) is 4.74 Å². The number of carbonyl (C=O) groups excluding carboxylic acids is 2. The molecule has 3 heteroatoms. The fraction of sp³-hybridized carbons (Fsp3) is 0.846. The van der Waals surface area contributed by atoms with Crippen LogP contribution in [0.5, 0.6) is 0 Å². The van der Waals surface area contributed by atoms with Gasteiger partial charge in [-0.25, -0.2) is 0 Å². The summed E-state index contributed by atoms with van der Waals surface area (Å²) in [5.41, 5.74) is 0. The third-order valence-electron chi connectivity index (χ3n) is 3.76. The van der Waals surface area contributed by atoms with E-state index in [2.05, 4.69) is 0 Å². The molecule has 0 bridgehead atoms. The maximum absolute atomic E-state index is 12.0. The van der Waals surface area contributed by atoms with Crippen molar-refractivity contribution < 1.29 is 14.3 Å². The molecule has 1 saturated heterocycles. The molecule has 0 spiro atoms. The van der Waals surface area contributed by atoms with Crippen LogP contribution in [0.25, 0.3) is 0 Å². The first-order valence-corrected chi connectivity index (χ1v) is 6.42. The second-order valence-corrected chi connectivity index (χ2v) is 4.92. The second-order valence-electron chi connectivity index (χ2n) is 4.92. The number of Topliss-reactive ketones (excluding diaryl/α,β-unsaturated/α-hetero) is 2. The zero-order valence-electron chi connectivity index (χ0n) is 9.74. The Morgan fingerprint density at radius 3 is 2.25 bits per heavy atom. The van der Waals surface area contributed by atoms with Crippen LogP contribution in [-0.2, 0) is 14.3 Å². The van der Waals surface area contributed by atoms with Crippen LogP contribution in [-0.4, -0.2) is 24.8 Å². The second kappa shape index (κ2) is 5.58. The van der Waals surface area contributed by atoms with Gasteiger partial charge in [0.2, 0.25) is 0 Å². The Morgan fingerprint density at radius 2 is 1.56 bits per heavy atom. The highest BCUT2D eigenvalue weighted by molar-refractivity contribution is 6.03. The van der Waals surface area contributed by atoms with E-state index in [1.807, 2.05) is 0 Å². The Kier molecular flexibility index (Phi) is 4.10. The smallest absolute Gasteiger partial charge is 0.143 e. The summed E-state index contributed by atoms with van der Waals surface area (Å²) < 4.78 is 5.39. The van der Waals surface area contributed by atoms with Gasteiger partial charge >= 0.3 is 0 Å². The lowest BCUT2D eigenvalue weighted by Crippen LogP contribution is -2.30. The van der Waals surface area contributed by atoms with Crippen molar-refractivity contribution in [3.05, 3.63) is 0 Å². The summed E-state index contributed by atoms with van der Waals surface area (Å²) in [7, 11) is 0. The molecule has 3 nitrogen and oxygen atoms in total. The molecule has 0 amide bonds. The van der Waals surface area contributed by atoms with E-state index >= 15 is 0 Å². The van der Waals surface area contributed by atoms with Gasteiger partial charge in [-0.05, 0) is 38.0 Å². The minimum Gasteiger partial charge on any atom is -0.381 e. The van der Waals surface area contributed by atoms with Gasteiger partial charge in [0.1, 0.15) is 11.6 Å². The van der Waals surface area contributed by atoms with Crippen molar-refractivity contribution in [1.82, 2.24) is 0 Å². The van der Waals surface area contributed by atoms with Gasteiger partial charge in [0.25, 0.3) is 0 Å². The van der Waals surface area contributed by atoms with Crippen LogP contribution in [0.15, 0.2) is 0 Å². The zero-order chi connectivity index (χ0) is 11.4. The highest BCUT2D eigenvalue weighted by Gasteiger charge is 2.35. The van der Waals surface area contributed by atoms with Crippen LogP contribution in [0.2, 0.25) is 0 Å². The van der Waals surface area contributed by atoms with E-state index in [-0.39, 0.29) is 23.4 Å². The molecule has 1 aliphatic carbocycles. The zero-order valence-corrected chi connectivity index (χ0v) is 9.74. The highest BCUT2D eigenvalue weighted by atomic mass is 16.5. The van der Waals surface area contributed by atoms with Crippen molar-refractivity contribution in [2.75, 3.05) is 13.2 Å². The van der Waals surface area contributed by atoms with Crippen molar-refractivity contribution >= 4 is 11.6 Å². The van der Waals surface area contributed by atoms with Gasteiger partial charge in [0, 0.05) is 26.1 Å². The largest absolute Gasteiger partial charge is 0.381 e. The van der Waals surface area contributed by atoms with Crippen LogP contribution >= 0.6 is 0 Å². The van der Waals surface area contributed by atoms with Gasteiger partial charge in [-0.15, -0.1) is 0 Å². The molecule has 1 aliphatic heterocycles. The van der Waals surface area contributed by atoms with Gasteiger partial charge in [0.05, 0.1) is 5.92 Å². The molecule has 1 saturated carbocycles.